The summed E-state index contributed by atoms with van der Waals surface area (Å²) in [5.74, 6) is -0.0499. The Bertz CT molecular complexity index is 930. The van der Waals surface area contributed by atoms with Gasteiger partial charge in [0.15, 0.2) is 5.82 Å². The topological polar surface area (TPSA) is 144 Å². The van der Waals surface area contributed by atoms with Crippen LogP contribution in [0.4, 0.5) is 0 Å². The molecule has 0 radical (unpaired) electrons. The lowest BCUT2D eigenvalue weighted by Gasteiger charge is -2.19. The first kappa shape index (κ1) is 16.0. The Morgan fingerprint density at radius 1 is 1.30 bits per heavy atom. The molecule has 0 unspecified atom stereocenters. The number of hydrogen-bond donors (Lipinski definition) is 5. The summed E-state index contributed by atoms with van der Waals surface area (Å²) in [4.78, 5) is 18.6. The second-order valence-corrected chi connectivity index (χ2v) is 6.51. The number of hydrogen-bond acceptors (Lipinski definition) is 8. The molecule has 3 aromatic heterocycles. The average molecular weight is 340 g/mol. The molecule has 10 heteroatoms. The van der Waals surface area contributed by atoms with Crippen molar-refractivity contribution in [2.24, 2.45) is 0 Å². The molecule has 0 aliphatic heterocycles. The van der Waals surface area contributed by atoms with Crippen LogP contribution in [-0.2, 0) is 0 Å². The molecule has 0 fully saturated rings. The highest BCUT2D eigenvalue weighted by Gasteiger charge is 2.30. The molecule has 0 aromatic carbocycles. The van der Waals surface area contributed by atoms with Crippen molar-refractivity contribution in [2.45, 2.75) is 32.2 Å². The Hall–Kier alpha value is -1.85. The fourth-order valence-corrected chi connectivity index (χ4v) is 3.43. The SMILES string of the molecule is Cc1sc2nc3[nH]nc([C@@H](O)[C@H](O)[C@H](O)CO)n3c(=O)c2c1C. The van der Waals surface area contributed by atoms with Gasteiger partial charge in [-0.25, -0.2) is 14.5 Å². The van der Waals surface area contributed by atoms with E-state index < -0.39 is 30.5 Å². The highest BCUT2D eigenvalue weighted by molar-refractivity contribution is 7.18. The van der Waals surface area contributed by atoms with E-state index in [1.807, 2.05) is 13.8 Å². The lowest BCUT2D eigenvalue weighted by atomic mass is 10.1. The number of aryl methyl sites for hydroxylation is 2. The van der Waals surface area contributed by atoms with E-state index in [9.17, 15) is 20.1 Å². The molecule has 0 spiro atoms. The Kier molecular flexibility index (Phi) is 3.94. The van der Waals surface area contributed by atoms with Crippen molar-refractivity contribution < 1.29 is 20.4 Å². The maximum absolute atomic E-state index is 12.7. The number of aromatic amines is 1. The maximum Gasteiger partial charge on any atom is 0.269 e. The molecule has 3 atom stereocenters. The van der Waals surface area contributed by atoms with Crippen molar-refractivity contribution in [3.8, 4) is 0 Å². The smallest absolute Gasteiger partial charge is 0.269 e. The second kappa shape index (κ2) is 5.65. The predicted octanol–water partition coefficient (Wildman–Crippen LogP) is -1.00. The minimum absolute atomic E-state index is 0.128. The summed E-state index contributed by atoms with van der Waals surface area (Å²) in [6.07, 6.45) is -4.92. The maximum atomic E-state index is 12.7. The van der Waals surface area contributed by atoms with Gasteiger partial charge in [0.2, 0.25) is 5.78 Å². The number of fused-ring (bicyclic) bond motifs is 2. The van der Waals surface area contributed by atoms with Gasteiger partial charge in [-0.3, -0.25) is 4.79 Å². The van der Waals surface area contributed by atoms with Gasteiger partial charge in [0, 0.05) is 4.88 Å². The molecule has 3 aromatic rings. The first-order chi connectivity index (χ1) is 10.9. The van der Waals surface area contributed by atoms with Crippen molar-refractivity contribution in [2.75, 3.05) is 6.61 Å². The first-order valence-corrected chi connectivity index (χ1v) is 7.70. The molecule has 9 nitrogen and oxygen atoms in total. The van der Waals surface area contributed by atoms with Gasteiger partial charge in [-0.2, -0.15) is 5.10 Å². The summed E-state index contributed by atoms with van der Waals surface area (Å²) in [6.45, 7) is 2.96. The van der Waals surface area contributed by atoms with E-state index in [0.29, 0.717) is 10.2 Å². The van der Waals surface area contributed by atoms with Gasteiger partial charge in [-0.05, 0) is 19.4 Å². The van der Waals surface area contributed by atoms with Crippen LogP contribution in [0.3, 0.4) is 0 Å². The summed E-state index contributed by atoms with van der Waals surface area (Å²) in [5.41, 5.74) is 0.384. The number of aliphatic hydroxyl groups excluding tert-OH is 4. The monoisotopic (exact) mass is 340 g/mol. The number of H-pyrrole nitrogens is 1. The lowest BCUT2D eigenvalue weighted by Crippen LogP contribution is -2.36. The summed E-state index contributed by atoms with van der Waals surface area (Å²) in [5, 5.41) is 45.1. The van der Waals surface area contributed by atoms with Crippen molar-refractivity contribution in [1.29, 1.82) is 0 Å². The fraction of sp³-hybridized carbons (Fsp3) is 0.462. The first-order valence-electron chi connectivity index (χ1n) is 6.88. The molecule has 5 N–H and O–H groups in total. The standard InChI is InChI=1S/C13H16N4O5S/c1-4-5(2)23-11-7(4)12(22)17-10(15-16-13(17)14-11)9(21)8(20)6(19)3-18/h6,8-9,18-21H,3H2,1-2H3,(H,14,16)/t6-,8-,9+/m1/s1. The Balaban J connectivity index is 2.24. The van der Waals surface area contributed by atoms with Crippen molar-refractivity contribution in [1.82, 2.24) is 19.6 Å². The summed E-state index contributed by atoms with van der Waals surface area (Å²) >= 11 is 1.38. The minimum atomic E-state index is -1.69. The molecule has 3 rings (SSSR count). The number of nitrogens with zero attached hydrogens (tertiary/aromatic N) is 3. The molecule has 0 bridgehead atoms. The van der Waals surface area contributed by atoms with E-state index in [2.05, 4.69) is 15.2 Å². The van der Waals surface area contributed by atoms with Crippen LogP contribution >= 0.6 is 11.3 Å². The molecule has 0 saturated carbocycles. The van der Waals surface area contributed by atoms with Gasteiger partial charge in [-0.1, -0.05) is 0 Å². The Morgan fingerprint density at radius 2 is 2.00 bits per heavy atom. The predicted molar refractivity (Wildman–Crippen MR) is 82.5 cm³/mol. The van der Waals surface area contributed by atoms with Gasteiger partial charge in [0.25, 0.3) is 5.56 Å². The van der Waals surface area contributed by atoms with E-state index in [0.717, 1.165) is 14.8 Å². The van der Waals surface area contributed by atoms with Crippen LogP contribution < -0.4 is 5.56 Å². The number of aromatic nitrogens is 4. The van der Waals surface area contributed by atoms with Gasteiger partial charge < -0.3 is 20.4 Å². The van der Waals surface area contributed by atoms with E-state index in [4.69, 9.17) is 5.11 Å². The van der Waals surface area contributed by atoms with Gasteiger partial charge in [-0.15, -0.1) is 11.3 Å². The average Bonchev–Trinajstić information content (AvgIpc) is 3.07. The van der Waals surface area contributed by atoms with Gasteiger partial charge >= 0.3 is 0 Å². The highest BCUT2D eigenvalue weighted by atomic mass is 32.1. The number of rotatable bonds is 4. The van der Waals surface area contributed by atoms with Crippen LogP contribution in [-0.4, -0.2) is 58.8 Å². The number of nitrogens with one attached hydrogen (secondary N) is 1. The van der Waals surface area contributed by atoms with E-state index >= 15 is 0 Å². The molecular weight excluding hydrogens is 324 g/mol. The molecule has 0 saturated heterocycles. The molecule has 0 aliphatic rings. The quantitative estimate of drug-likeness (QED) is 0.409. The van der Waals surface area contributed by atoms with Crippen molar-refractivity contribution in [3.63, 3.8) is 0 Å². The third-order valence-corrected chi connectivity index (χ3v) is 4.97. The van der Waals surface area contributed by atoms with Crippen LogP contribution in [0.15, 0.2) is 4.79 Å². The van der Waals surface area contributed by atoms with Crippen LogP contribution in [0.2, 0.25) is 0 Å². The number of thiophene rings is 1. The van der Waals surface area contributed by atoms with Crippen LogP contribution in [0.25, 0.3) is 16.0 Å². The fourth-order valence-electron chi connectivity index (χ4n) is 2.41. The summed E-state index contributed by atoms with van der Waals surface area (Å²) < 4.78 is 1.07. The van der Waals surface area contributed by atoms with Crippen molar-refractivity contribution in [3.05, 3.63) is 26.6 Å². The molecule has 3 heterocycles. The van der Waals surface area contributed by atoms with E-state index in [1.165, 1.54) is 11.3 Å². The van der Waals surface area contributed by atoms with Gasteiger partial charge in [0.1, 0.15) is 23.1 Å². The molecular formula is C13H16N4O5S. The van der Waals surface area contributed by atoms with E-state index in [-0.39, 0.29) is 11.6 Å². The molecule has 23 heavy (non-hydrogen) atoms. The van der Waals surface area contributed by atoms with Crippen LogP contribution in [0.1, 0.15) is 22.4 Å². The highest BCUT2D eigenvalue weighted by Crippen LogP contribution is 2.27. The van der Waals surface area contributed by atoms with Crippen LogP contribution in [0, 0.1) is 13.8 Å². The lowest BCUT2D eigenvalue weighted by molar-refractivity contribution is -0.0806. The zero-order valence-corrected chi connectivity index (χ0v) is 13.2. The van der Waals surface area contributed by atoms with Crippen molar-refractivity contribution >= 4 is 27.3 Å². The third-order valence-electron chi connectivity index (χ3n) is 3.87. The molecule has 0 aliphatic carbocycles. The second-order valence-electron chi connectivity index (χ2n) is 5.31. The van der Waals surface area contributed by atoms with Crippen LogP contribution in [0.5, 0.6) is 0 Å². The summed E-state index contributed by atoms with van der Waals surface area (Å²) in [6, 6.07) is 0. The number of aliphatic hydroxyl groups is 4. The largest absolute Gasteiger partial charge is 0.394 e. The minimum Gasteiger partial charge on any atom is -0.394 e. The van der Waals surface area contributed by atoms with E-state index in [1.54, 1.807) is 0 Å². The zero-order valence-electron chi connectivity index (χ0n) is 12.4. The molecule has 124 valence electrons. The summed E-state index contributed by atoms with van der Waals surface area (Å²) in [7, 11) is 0. The zero-order chi connectivity index (χ0) is 16.9. The Morgan fingerprint density at radius 3 is 2.65 bits per heavy atom. The molecule has 0 amide bonds. The Labute approximate surface area is 133 Å². The third kappa shape index (κ3) is 2.35. The normalized spacial score (nSPS) is 16.1. The van der Waals surface area contributed by atoms with Gasteiger partial charge in [0.05, 0.1) is 12.0 Å².